The van der Waals surface area contributed by atoms with E-state index in [1.165, 1.54) is 24.3 Å². The molecule has 0 spiro atoms. The number of halogens is 3. The van der Waals surface area contributed by atoms with Gasteiger partial charge in [-0.25, -0.2) is 0 Å². The molecule has 2 aromatic carbocycles. The van der Waals surface area contributed by atoms with E-state index in [1.54, 1.807) is 30.3 Å². The van der Waals surface area contributed by atoms with E-state index >= 15 is 0 Å². The Morgan fingerprint density at radius 2 is 1.55 bits per heavy atom. The third kappa shape index (κ3) is 3.32. The van der Waals surface area contributed by atoms with Crippen molar-refractivity contribution >= 4 is 0 Å². The molecular weight excluding hydrogens is 289 g/mol. The molecule has 1 unspecified atom stereocenters. The lowest BCUT2D eigenvalue weighted by Crippen LogP contribution is -2.41. The Balaban J connectivity index is 2.42. The maximum absolute atomic E-state index is 13.3. The normalized spacial score (nSPS) is 13.9. The van der Waals surface area contributed by atoms with Gasteiger partial charge in [0.05, 0.1) is 0 Å². The molecule has 114 valence electrons. The maximum Gasteiger partial charge on any atom is 0.433 e. The van der Waals surface area contributed by atoms with Crippen molar-refractivity contribution in [2.45, 2.75) is 25.1 Å². The molecule has 0 radical (unpaired) electrons. The molecule has 22 heavy (non-hydrogen) atoms. The summed E-state index contributed by atoms with van der Waals surface area (Å²) in [6.45, 7) is 1.98. The van der Waals surface area contributed by atoms with Gasteiger partial charge < -0.3 is 5.11 Å². The Morgan fingerprint density at radius 1 is 0.955 bits per heavy atom. The van der Waals surface area contributed by atoms with Gasteiger partial charge in [0.25, 0.3) is 0 Å². The average Bonchev–Trinajstić information content (AvgIpc) is 2.53. The van der Waals surface area contributed by atoms with Crippen molar-refractivity contribution in [2.75, 3.05) is 0 Å². The lowest BCUT2D eigenvalue weighted by Gasteiger charge is -2.25. The van der Waals surface area contributed by atoms with Crippen LogP contribution in [0.2, 0.25) is 0 Å². The van der Waals surface area contributed by atoms with Gasteiger partial charge in [-0.1, -0.05) is 55.3 Å². The van der Waals surface area contributed by atoms with E-state index in [0.29, 0.717) is 5.56 Å². The molecule has 0 fully saturated rings. The van der Waals surface area contributed by atoms with Crippen LogP contribution in [-0.4, -0.2) is 11.3 Å². The summed E-state index contributed by atoms with van der Waals surface area (Å²) < 4.78 is 39.8. The first kappa shape index (κ1) is 16.1. The summed E-state index contributed by atoms with van der Waals surface area (Å²) in [6.07, 6.45) is -4.05. The molecule has 0 aromatic heterocycles. The highest BCUT2D eigenvalue weighted by molar-refractivity contribution is 5.42. The lowest BCUT2D eigenvalue weighted by atomic mass is 9.93. The molecule has 2 rings (SSSR count). The fourth-order valence-corrected chi connectivity index (χ4v) is 1.97. The van der Waals surface area contributed by atoms with Gasteiger partial charge in [-0.05, 0) is 30.0 Å². The van der Waals surface area contributed by atoms with Crippen LogP contribution in [0.1, 0.15) is 23.6 Å². The van der Waals surface area contributed by atoms with Gasteiger partial charge in [0.2, 0.25) is 5.60 Å². The number of hydrogen-bond donors (Lipinski definition) is 1. The zero-order chi connectivity index (χ0) is 16.2. The van der Waals surface area contributed by atoms with E-state index in [-0.39, 0.29) is 5.56 Å². The highest BCUT2D eigenvalue weighted by Crippen LogP contribution is 2.38. The van der Waals surface area contributed by atoms with Crippen LogP contribution in [0.25, 0.3) is 0 Å². The number of aryl methyl sites for hydroxylation is 1. The maximum atomic E-state index is 13.3. The van der Waals surface area contributed by atoms with Crippen LogP contribution in [0, 0.1) is 11.8 Å². The van der Waals surface area contributed by atoms with Gasteiger partial charge in [-0.2, -0.15) is 13.2 Å². The third-order valence-electron chi connectivity index (χ3n) is 3.35. The smallest absolute Gasteiger partial charge is 0.366 e. The molecule has 1 nitrogen and oxygen atoms in total. The zero-order valence-electron chi connectivity index (χ0n) is 12.0. The van der Waals surface area contributed by atoms with Crippen LogP contribution < -0.4 is 0 Å². The first-order valence-electron chi connectivity index (χ1n) is 6.83. The van der Waals surface area contributed by atoms with Crippen molar-refractivity contribution in [2.24, 2.45) is 0 Å². The van der Waals surface area contributed by atoms with Crippen molar-refractivity contribution in [1.29, 1.82) is 0 Å². The fraction of sp³-hybridized carbons (Fsp3) is 0.222. The van der Waals surface area contributed by atoms with Crippen molar-refractivity contribution < 1.29 is 18.3 Å². The highest BCUT2D eigenvalue weighted by Gasteiger charge is 2.54. The van der Waals surface area contributed by atoms with E-state index in [4.69, 9.17) is 0 Å². The molecule has 1 atom stereocenters. The van der Waals surface area contributed by atoms with Crippen molar-refractivity contribution in [1.82, 2.24) is 0 Å². The Labute approximate surface area is 127 Å². The summed E-state index contributed by atoms with van der Waals surface area (Å²) >= 11 is 0. The molecule has 0 bridgehead atoms. The first-order chi connectivity index (χ1) is 10.4. The number of rotatable bonds is 2. The summed E-state index contributed by atoms with van der Waals surface area (Å²) in [5, 5.41) is 10.1. The largest absolute Gasteiger partial charge is 0.433 e. The van der Waals surface area contributed by atoms with Gasteiger partial charge >= 0.3 is 6.18 Å². The Morgan fingerprint density at radius 3 is 2.05 bits per heavy atom. The second-order valence-corrected chi connectivity index (χ2v) is 4.87. The standard InChI is InChI=1S/C18H15F3O/c1-2-14-8-10-15(11-9-14)12-13-17(22,18(19,20)21)16-6-4-3-5-7-16/h3-11,22H,2H2,1H3. The van der Waals surface area contributed by atoms with Crippen molar-refractivity contribution in [3.63, 3.8) is 0 Å². The summed E-state index contributed by atoms with van der Waals surface area (Å²) in [6, 6.07) is 13.8. The van der Waals surface area contributed by atoms with Gasteiger partial charge in [0.1, 0.15) is 0 Å². The summed E-state index contributed by atoms with van der Waals surface area (Å²) in [7, 11) is 0. The topological polar surface area (TPSA) is 20.2 Å². The quantitative estimate of drug-likeness (QED) is 0.830. The molecular formula is C18H15F3O. The van der Waals surface area contributed by atoms with Crippen LogP contribution in [-0.2, 0) is 12.0 Å². The minimum atomic E-state index is -4.88. The number of aliphatic hydroxyl groups is 1. The second kappa shape index (κ2) is 6.25. The van der Waals surface area contributed by atoms with Crippen molar-refractivity contribution in [3.05, 3.63) is 71.3 Å². The third-order valence-corrected chi connectivity index (χ3v) is 3.35. The van der Waals surface area contributed by atoms with E-state index in [2.05, 4.69) is 5.92 Å². The Kier molecular flexibility index (Phi) is 4.58. The minimum absolute atomic E-state index is 0.292. The number of benzene rings is 2. The zero-order valence-corrected chi connectivity index (χ0v) is 12.0. The van der Waals surface area contributed by atoms with Gasteiger partial charge in [0, 0.05) is 11.1 Å². The van der Waals surface area contributed by atoms with E-state index < -0.39 is 11.8 Å². The Bertz CT molecular complexity index is 678. The predicted octanol–water partition coefficient (Wildman–Crippen LogP) is 4.05. The Hall–Kier alpha value is -2.25. The SMILES string of the molecule is CCc1ccc(C#CC(O)(c2ccccc2)C(F)(F)F)cc1. The van der Waals surface area contributed by atoms with Crippen molar-refractivity contribution in [3.8, 4) is 11.8 Å². The van der Waals surface area contributed by atoms with Crippen LogP contribution >= 0.6 is 0 Å². The van der Waals surface area contributed by atoms with E-state index in [9.17, 15) is 18.3 Å². The summed E-state index contributed by atoms with van der Waals surface area (Å²) in [5.41, 5.74) is -1.98. The minimum Gasteiger partial charge on any atom is -0.366 e. The first-order valence-corrected chi connectivity index (χ1v) is 6.83. The molecule has 0 heterocycles. The van der Waals surface area contributed by atoms with Gasteiger partial charge in [-0.15, -0.1) is 0 Å². The molecule has 0 saturated carbocycles. The molecule has 0 amide bonds. The molecule has 1 N–H and O–H groups in total. The molecule has 2 aromatic rings. The number of alkyl halides is 3. The predicted molar refractivity (Wildman–Crippen MR) is 79.1 cm³/mol. The summed E-state index contributed by atoms with van der Waals surface area (Å²) in [5.74, 6) is 4.41. The average molecular weight is 304 g/mol. The monoisotopic (exact) mass is 304 g/mol. The highest BCUT2D eigenvalue weighted by atomic mass is 19.4. The molecule has 0 saturated heterocycles. The lowest BCUT2D eigenvalue weighted by molar-refractivity contribution is -0.240. The molecule has 4 heteroatoms. The summed E-state index contributed by atoms with van der Waals surface area (Å²) in [4.78, 5) is 0. The van der Waals surface area contributed by atoms with E-state index in [0.717, 1.165) is 12.0 Å². The second-order valence-electron chi connectivity index (χ2n) is 4.87. The molecule has 0 aliphatic rings. The molecule has 0 aliphatic heterocycles. The van der Waals surface area contributed by atoms with Gasteiger partial charge in [-0.3, -0.25) is 0 Å². The van der Waals surface area contributed by atoms with Crippen LogP contribution in [0.15, 0.2) is 54.6 Å². The van der Waals surface area contributed by atoms with Crippen LogP contribution in [0.3, 0.4) is 0 Å². The van der Waals surface area contributed by atoms with Crippen LogP contribution in [0.4, 0.5) is 13.2 Å². The van der Waals surface area contributed by atoms with Gasteiger partial charge in [0.15, 0.2) is 0 Å². The van der Waals surface area contributed by atoms with Crippen LogP contribution in [0.5, 0.6) is 0 Å². The fourth-order valence-electron chi connectivity index (χ4n) is 1.97. The number of hydrogen-bond acceptors (Lipinski definition) is 1. The van der Waals surface area contributed by atoms with E-state index in [1.807, 2.05) is 12.8 Å². The molecule has 0 aliphatic carbocycles.